The third-order valence-corrected chi connectivity index (χ3v) is 2.77. The van der Waals surface area contributed by atoms with Gasteiger partial charge < -0.3 is 21.2 Å². The standard InChI is InChI=1S/C12H19ClN4O/c1-3-5-10(18-4-2)17-12-8(6-14)11(15)9(13)7-16-12/h6-7,10,14H,3-5H2,1-2H3,(H3,15,16,17). The third kappa shape index (κ3) is 3.58. The van der Waals surface area contributed by atoms with Gasteiger partial charge in [-0.25, -0.2) is 4.98 Å². The summed E-state index contributed by atoms with van der Waals surface area (Å²) < 4.78 is 5.56. The molecule has 0 aliphatic carbocycles. The van der Waals surface area contributed by atoms with E-state index in [0.717, 1.165) is 19.1 Å². The number of anilines is 2. The number of aromatic nitrogens is 1. The molecule has 6 heteroatoms. The summed E-state index contributed by atoms with van der Waals surface area (Å²) in [6, 6.07) is 0. The van der Waals surface area contributed by atoms with Gasteiger partial charge in [0.15, 0.2) is 0 Å². The second-order valence-corrected chi connectivity index (χ2v) is 4.21. The van der Waals surface area contributed by atoms with Crippen molar-refractivity contribution >= 4 is 29.3 Å². The molecule has 0 saturated carbocycles. The number of pyridine rings is 1. The Hall–Kier alpha value is -1.33. The summed E-state index contributed by atoms with van der Waals surface area (Å²) in [5.41, 5.74) is 6.66. The molecule has 1 aromatic heterocycles. The van der Waals surface area contributed by atoms with Crippen LogP contribution in [0.3, 0.4) is 0 Å². The molecule has 4 N–H and O–H groups in total. The van der Waals surface area contributed by atoms with E-state index in [1.807, 2.05) is 6.92 Å². The lowest BCUT2D eigenvalue weighted by Gasteiger charge is -2.20. The summed E-state index contributed by atoms with van der Waals surface area (Å²) in [5.74, 6) is 0.527. The van der Waals surface area contributed by atoms with Crippen LogP contribution in [0.4, 0.5) is 11.5 Å². The highest BCUT2D eigenvalue weighted by Gasteiger charge is 2.13. The van der Waals surface area contributed by atoms with Gasteiger partial charge in [-0.05, 0) is 13.3 Å². The van der Waals surface area contributed by atoms with E-state index < -0.39 is 0 Å². The summed E-state index contributed by atoms with van der Waals surface area (Å²) in [4.78, 5) is 4.16. The van der Waals surface area contributed by atoms with Crippen molar-refractivity contribution in [2.75, 3.05) is 17.7 Å². The number of hydrogen-bond acceptors (Lipinski definition) is 5. The van der Waals surface area contributed by atoms with Gasteiger partial charge in [0.25, 0.3) is 0 Å². The zero-order chi connectivity index (χ0) is 13.5. The molecule has 1 rings (SSSR count). The van der Waals surface area contributed by atoms with Crippen LogP contribution in [0.5, 0.6) is 0 Å². The number of hydrogen-bond donors (Lipinski definition) is 3. The summed E-state index contributed by atoms with van der Waals surface area (Å²) in [6.07, 6.45) is 4.33. The maximum absolute atomic E-state index is 7.39. The lowest BCUT2D eigenvalue weighted by molar-refractivity contribution is 0.0759. The third-order valence-electron chi connectivity index (χ3n) is 2.47. The molecule has 1 unspecified atom stereocenters. The minimum absolute atomic E-state index is 0.133. The van der Waals surface area contributed by atoms with Crippen LogP contribution >= 0.6 is 11.6 Å². The minimum atomic E-state index is -0.133. The van der Waals surface area contributed by atoms with Crippen LogP contribution in [0.1, 0.15) is 32.3 Å². The van der Waals surface area contributed by atoms with Crippen LogP contribution in [-0.2, 0) is 4.74 Å². The lowest BCUT2D eigenvalue weighted by Crippen LogP contribution is -2.24. The Labute approximate surface area is 112 Å². The van der Waals surface area contributed by atoms with Crippen LogP contribution in [0.2, 0.25) is 5.02 Å². The smallest absolute Gasteiger partial charge is 0.138 e. The number of ether oxygens (including phenoxy) is 1. The van der Waals surface area contributed by atoms with E-state index in [9.17, 15) is 0 Å². The van der Waals surface area contributed by atoms with Gasteiger partial charge in [-0.2, -0.15) is 0 Å². The quantitative estimate of drug-likeness (QED) is 0.525. The van der Waals surface area contributed by atoms with E-state index in [2.05, 4.69) is 17.2 Å². The molecule has 5 nitrogen and oxygen atoms in total. The number of rotatable bonds is 7. The van der Waals surface area contributed by atoms with E-state index in [1.54, 1.807) is 0 Å². The van der Waals surface area contributed by atoms with Gasteiger partial charge in [0, 0.05) is 12.8 Å². The van der Waals surface area contributed by atoms with E-state index in [-0.39, 0.29) is 6.23 Å². The number of nitrogen functional groups attached to an aromatic ring is 1. The number of nitrogens with two attached hydrogens (primary N) is 1. The first-order valence-corrected chi connectivity index (χ1v) is 6.34. The van der Waals surface area contributed by atoms with Crippen molar-refractivity contribution in [3.63, 3.8) is 0 Å². The van der Waals surface area contributed by atoms with Crippen LogP contribution in [0.25, 0.3) is 0 Å². The van der Waals surface area contributed by atoms with Crippen molar-refractivity contribution in [3.05, 3.63) is 16.8 Å². The van der Waals surface area contributed by atoms with Crippen molar-refractivity contribution in [3.8, 4) is 0 Å². The molecule has 0 bridgehead atoms. The molecule has 0 aliphatic heterocycles. The van der Waals surface area contributed by atoms with Crippen LogP contribution in [0, 0.1) is 5.41 Å². The highest BCUT2D eigenvalue weighted by Crippen LogP contribution is 2.26. The predicted octanol–water partition coefficient (Wildman–Crippen LogP) is 2.89. The fourth-order valence-electron chi connectivity index (χ4n) is 1.59. The van der Waals surface area contributed by atoms with E-state index in [1.165, 1.54) is 6.20 Å². The molecular weight excluding hydrogens is 252 g/mol. The average Bonchev–Trinajstić information content (AvgIpc) is 2.35. The van der Waals surface area contributed by atoms with E-state index in [0.29, 0.717) is 28.7 Å². The highest BCUT2D eigenvalue weighted by atomic mass is 35.5. The van der Waals surface area contributed by atoms with E-state index in [4.69, 9.17) is 27.5 Å². The van der Waals surface area contributed by atoms with Crippen molar-refractivity contribution < 1.29 is 4.74 Å². The Morgan fingerprint density at radius 3 is 2.89 bits per heavy atom. The largest absolute Gasteiger partial charge is 0.397 e. The number of nitrogens with zero attached hydrogens (tertiary/aromatic N) is 1. The topological polar surface area (TPSA) is 84.0 Å². The maximum atomic E-state index is 7.39. The van der Waals surface area contributed by atoms with Gasteiger partial charge in [0.1, 0.15) is 12.0 Å². The second-order valence-electron chi connectivity index (χ2n) is 3.80. The lowest BCUT2D eigenvalue weighted by atomic mass is 10.2. The fraction of sp³-hybridized carbons (Fsp3) is 0.500. The molecule has 100 valence electrons. The molecule has 18 heavy (non-hydrogen) atoms. The van der Waals surface area contributed by atoms with Crippen molar-refractivity contribution in [1.82, 2.24) is 4.98 Å². The molecule has 0 radical (unpaired) electrons. The van der Waals surface area contributed by atoms with Crippen molar-refractivity contribution in [2.24, 2.45) is 0 Å². The van der Waals surface area contributed by atoms with Crippen LogP contribution in [-0.4, -0.2) is 24.0 Å². The zero-order valence-corrected chi connectivity index (χ0v) is 11.4. The molecule has 0 fully saturated rings. The summed E-state index contributed by atoms with van der Waals surface area (Å²) in [5, 5.41) is 10.9. The molecule has 1 aromatic rings. The first kappa shape index (κ1) is 14.7. The monoisotopic (exact) mass is 270 g/mol. The summed E-state index contributed by atoms with van der Waals surface area (Å²) >= 11 is 5.87. The summed E-state index contributed by atoms with van der Waals surface area (Å²) in [6.45, 7) is 4.63. The Morgan fingerprint density at radius 2 is 2.33 bits per heavy atom. The molecule has 0 saturated heterocycles. The van der Waals surface area contributed by atoms with E-state index >= 15 is 0 Å². The molecule has 0 amide bonds. The summed E-state index contributed by atoms with van der Waals surface area (Å²) in [7, 11) is 0. The zero-order valence-electron chi connectivity index (χ0n) is 10.7. The first-order chi connectivity index (χ1) is 8.63. The minimum Gasteiger partial charge on any atom is -0.397 e. The normalized spacial score (nSPS) is 12.2. The molecule has 1 atom stereocenters. The number of halogens is 1. The molecule has 1 heterocycles. The fourth-order valence-corrected chi connectivity index (χ4v) is 1.74. The molecule has 0 aromatic carbocycles. The van der Waals surface area contributed by atoms with Gasteiger partial charge in [0.2, 0.25) is 0 Å². The molecule has 0 aliphatic rings. The van der Waals surface area contributed by atoms with Gasteiger partial charge in [-0.1, -0.05) is 24.9 Å². The molecular formula is C12H19ClN4O. The van der Waals surface area contributed by atoms with Crippen molar-refractivity contribution in [2.45, 2.75) is 32.9 Å². The number of nitrogens with one attached hydrogen (secondary N) is 2. The van der Waals surface area contributed by atoms with Gasteiger partial charge >= 0.3 is 0 Å². The Kier molecular flexibility index (Phi) is 5.88. The average molecular weight is 271 g/mol. The predicted molar refractivity (Wildman–Crippen MR) is 75.5 cm³/mol. The maximum Gasteiger partial charge on any atom is 0.138 e. The Balaban J connectivity index is 2.94. The van der Waals surface area contributed by atoms with Crippen LogP contribution < -0.4 is 11.1 Å². The Bertz CT molecular complexity index is 405. The highest BCUT2D eigenvalue weighted by molar-refractivity contribution is 6.33. The second kappa shape index (κ2) is 7.18. The Morgan fingerprint density at radius 1 is 1.61 bits per heavy atom. The van der Waals surface area contributed by atoms with Crippen molar-refractivity contribution in [1.29, 1.82) is 5.41 Å². The SMILES string of the molecule is CCCC(Nc1ncc(Cl)c(N)c1C=N)OCC. The van der Waals surface area contributed by atoms with Gasteiger partial charge in [0.05, 0.1) is 22.5 Å². The first-order valence-electron chi connectivity index (χ1n) is 5.96. The van der Waals surface area contributed by atoms with Gasteiger partial charge in [-0.15, -0.1) is 0 Å². The van der Waals surface area contributed by atoms with Crippen LogP contribution in [0.15, 0.2) is 6.20 Å². The molecule has 0 spiro atoms. The van der Waals surface area contributed by atoms with Gasteiger partial charge in [-0.3, -0.25) is 0 Å².